The van der Waals surface area contributed by atoms with E-state index in [1.54, 1.807) is 14.2 Å². The lowest BCUT2D eigenvalue weighted by Crippen LogP contribution is -2.29. The average molecular weight is 564 g/mol. The molecule has 0 aliphatic heterocycles. The molecule has 1 aliphatic rings. The van der Waals surface area contributed by atoms with E-state index in [4.69, 9.17) is 9.47 Å². The molecule has 0 saturated heterocycles. The maximum Gasteiger partial charge on any atom is 0.208 e. The van der Waals surface area contributed by atoms with Gasteiger partial charge in [-0.15, -0.1) is 0 Å². The van der Waals surface area contributed by atoms with E-state index in [0.717, 1.165) is 11.5 Å². The van der Waals surface area contributed by atoms with Gasteiger partial charge in [-0.3, -0.25) is 0 Å². The highest BCUT2D eigenvalue weighted by Crippen LogP contribution is 2.57. The van der Waals surface area contributed by atoms with E-state index in [1.165, 1.54) is 48.1 Å². The van der Waals surface area contributed by atoms with Gasteiger partial charge in [0.25, 0.3) is 0 Å². The Morgan fingerprint density at radius 2 is 0.976 bits per heavy atom. The van der Waals surface area contributed by atoms with E-state index in [9.17, 15) is 0 Å². The zero-order chi connectivity index (χ0) is 28.5. The van der Waals surface area contributed by atoms with Gasteiger partial charge >= 0.3 is 0 Å². The van der Waals surface area contributed by atoms with Crippen LogP contribution in [0.4, 0.5) is 0 Å². The molecule has 0 radical (unpaired) electrons. The van der Waals surface area contributed by atoms with Crippen molar-refractivity contribution in [1.29, 1.82) is 0 Å². The molecule has 0 spiro atoms. The second-order valence-electron chi connectivity index (χ2n) is 10.4. The van der Waals surface area contributed by atoms with Crippen LogP contribution >= 0.6 is 0 Å². The Morgan fingerprint density at radius 1 is 0.476 bits per heavy atom. The van der Waals surface area contributed by atoms with Crippen molar-refractivity contribution in [3.63, 3.8) is 0 Å². The third-order valence-electron chi connectivity index (χ3n) is 8.25. The van der Waals surface area contributed by atoms with Crippen LogP contribution in [-0.2, 0) is 16.3 Å². The zero-order valence-corrected chi connectivity index (χ0v) is 24.5. The molecule has 3 heteroatoms. The Hall–Kier alpha value is -4.73. The van der Waals surface area contributed by atoms with E-state index < -0.39 is 5.41 Å². The van der Waals surface area contributed by atoms with Crippen LogP contribution in [0.15, 0.2) is 166 Å². The summed E-state index contributed by atoms with van der Waals surface area (Å²) < 4.78 is 11.7. The molecule has 0 saturated carbocycles. The SMILES string of the molecule is COc1ccc(C2(c3ccc(OC)c([S+](c4ccccc4)c4ccccc4)c3)c3ccccc3-c3ccccc32)cc1. The van der Waals surface area contributed by atoms with Gasteiger partial charge < -0.3 is 9.47 Å². The molecular weight excluding hydrogens is 532 g/mol. The van der Waals surface area contributed by atoms with Gasteiger partial charge in [0.1, 0.15) is 16.6 Å². The van der Waals surface area contributed by atoms with Crippen LogP contribution in [0.5, 0.6) is 11.5 Å². The molecule has 42 heavy (non-hydrogen) atoms. The number of methoxy groups -OCH3 is 2. The number of hydrogen-bond acceptors (Lipinski definition) is 2. The highest BCUT2D eigenvalue weighted by Gasteiger charge is 2.47. The quantitative estimate of drug-likeness (QED) is 0.180. The van der Waals surface area contributed by atoms with Crippen LogP contribution in [0.2, 0.25) is 0 Å². The molecule has 0 heterocycles. The summed E-state index contributed by atoms with van der Waals surface area (Å²) in [4.78, 5) is 3.68. The maximum absolute atomic E-state index is 6.09. The molecule has 6 aromatic carbocycles. The summed E-state index contributed by atoms with van der Waals surface area (Å²) in [6, 6.07) is 54.6. The average Bonchev–Trinajstić information content (AvgIpc) is 3.37. The van der Waals surface area contributed by atoms with Crippen LogP contribution in [0.25, 0.3) is 11.1 Å². The van der Waals surface area contributed by atoms with Crippen molar-refractivity contribution in [2.75, 3.05) is 14.2 Å². The van der Waals surface area contributed by atoms with Gasteiger partial charge in [-0.1, -0.05) is 103 Å². The van der Waals surface area contributed by atoms with Gasteiger partial charge in [-0.25, -0.2) is 0 Å². The first kappa shape index (κ1) is 26.2. The van der Waals surface area contributed by atoms with Crippen molar-refractivity contribution in [2.45, 2.75) is 20.1 Å². The predicted octanol–water partition coefficient (Wildman–Crippen LogP) is 9.16. The van der Waals surface area contributed by atoms with E-state index >= 15 is 0 Å². The summed E-state index contributed by atoms with van der Waals surface area (Å²) in [5, 5.41) is 0. The van der Waals surface area contributed by atoms with E-state index in [-0.39, 0.29) is 10.9 Å². The number of hydrogen-bond donors (Lipinski definition) is 0. The molecule has 2 nitrogen and oxygen atoms in total. The van der Waals surface area contributed by atoms with Crippen LogP contribution < -0.4 is 9.47 Å². The second-order valence-corrected chi connectivity index (χ2v) is 12.4. The Bertz CT molecular complexity index is 1760. The number of rotatable bonds is 7. The van der Waals surface area contributed by atoms with E-state index in [0.29, 0.717) is 0 Å². The zero-order valence-electron chi connectivity index (χ0n) is 23.7. The van der Waals surface area contributed by atoms with Crippen molar-refractivity contribution < 1.29 is 9.47 Å². The first-order valence-corrected chi connectivity index (χ1v) is 15.3. The Labute approximate surface area is 250 Å². The molecule has 7 rings (SSSR count). The molecule has 0 N–H and O–H groups in total. The minimum atomic E-state index is -0.511. The minimum Gasteiger partial charge on any atom is -0.497 e. The summed E-state index contributed by atoms with van der Waals surface area (Å²) in [5.41, 5.74) is 7.01. The lowest BCUT2D eigenvalue weighted by atomic mass is 9.67. The third kappa shape index (κ3) is 4.12. The standard InChI is InChI=1S/C39H31O2S/c1-40-30-24-21-28(22-25-30)39(35-19-11-9-17-33(35)34-18-10-12-20-36(34)39)29-23-26-37(41-2)38(27-29)42(31-13-5-3-6-14-31)32-15-7-4-8-16-32/h3-27H,1-2H3/q+1. The monoisotopic (exact) mass is 563 g/mol. The number of ether oxygens (including phenoxy) is 2. The topological polar surface area (TPSA) is 18.5 Å². The minimum absolute atomic E-state index is 0.377. The van der Waals surface area contributed by atoms with Crippen molar-refractivity contribution in [2.24, 2.45) is 0 Å². The van der Waals surface area contributed by atoms with Gasteiger partial charge in [0.15, 0.2) is 15.5 Å². The highest BCUT2D eigenvalue weighted by atomic mass is 32.2. The number of fused-ring (bicyclic) bond motifs is 3. The largest absolute Gasteiger partial charge is 0.497 e. The van der Waals surface area contributed by atoms with Gasteiger partial charge in [0.05, 0.1) is 19.6 Å². The first-order chi connectivity index (χ1) is 20.8. The van der Waals surface area contributed by atoms with Gasteiger partial charge in [0, 0.05) is 6.07 Å². The molecule has 6 aromatic rings. The lowest BCUT2D eigenvalue weighted by Gasteiger charge is -2.34. The van der Waals surface area contributed by atoms with Crippen LogP contribution in [0.1, 0.15) is 22.3 Å². The second kappa shape index (κ2) is 10.9. The summed E-state index contributed by atoms with van der Waals surface area (Å²) in [6.45, 7) is 0. The first-order valence-electron chi connectivity index (χ1n) is 14.1. The van der Waals surface area contributed by atoms with Gasteiger partial charge in [-0.05, 0) is 75.8 Å². The Morgan fingerprint density at radius 3 is 1.50 bits per heavy atom. The maximum atomic E-state index is 6.09. The Balaban J connectivity index is 1.56. The lowest BCUT2D eigenvalue weighted by molar-refractivity contribution is 0.404. The fraction of sp³-hybridized carbons (Fsp3) is 0.0769. The summed E-state index contributed by atoms with van der Waals surface area (Å²) in [7, 11) is 3.11. The number of benzene rings is 6. The van der Waals surface area contributed by atoms with Crippen LogP contribution in [0, 0.1) is 0 Å². The Kier molecular flexibility index (Phi) is 6.81. The van der Waals surface area contributed by atoms with Crippen molar-refractivity contribution >= 4 is 10.9 Å². The van der Waals surface area contributed by atoms with Gasteiger partial charge in [0.2, 0.25) is 4.90 Å². The molecule has 0 atom stereocenters. The molecule has 204 valence electrons. The summed E-state index contributed by atoms with van der Waals surface area (Å²) in [6.07, 6.45) is 0. The molecule has 0 unspecified atom stereocenters. The van der Waals surface area contributed by atoms with Crippen LogP contribution in [0.3, 0.4) is 0 Å². The van der Waals surface area contributed by atoms with Crippen molar-refractivity contribution in [3.8, 4) is 22.6 Å². The highest BCUT2D eigenvalue weighted by molar-refractivity contribution is 7.97. The fourth-order valence-corrected chi connectivity index (χ4v) is 8.67. The molecular formula is C39H31O2S+. The van der Waals surface area contributed by atoms with E-state index in [1.807, 2.05) is 0 Å². The fourth-order valence-electron chi connectivity index (χ4n) is 6.44. The predicted molar refractivity (Wildman–Crippen MR) is 172 cm³/mol. The molecule has 0 aromatic heterocycles. The summed E-state index contributed by atoms with van der Waals surface area (Å²) >= 11 is 0. The normalized spacial score (nSPS) is 12.9. The van der Waals surface area contributed by atoms with Gasteiger partial charge in [-0.2, -0.15) is 0 Å². The third-order valence-corrected chi connectivity index (χ3v) is 10.5. The molecule has 0 bridgehead atoms. The van der Waals surface area contributed by atoms with E-state index in [2.05, 4.69) is 152 Å². The van der Waals surface area contributed by atoms with Crippen LogP contribution in [-0.4, -0.2) is 14.2 Å². The van der Waals surface area contributed by atoms with Crippen molar-refractivity contribution in [3.05, 3.63) is 174 Å². The molecule has 1 aliphatic carbocycles. The smallest absolute Gasteiger partial charge is 0.208 e. The summed E-state index contributed by atoms with van der Waals surface area (Å²) in [5.74, 6) is 1.73. The van der Waals surface area contributed by atoms with Crippen molar-refractivity contribution in [1.82, 2.24) is 0 Å². The molecule has 0 amide bonds. The molecule has 0 fully saturated rings.